The average molecular weight is 379 g/mol. The predicted octanol–water partition coefficient (Wildman–Crippen LogP) is 3.29. The van der Waals surface area contributed by atoms with Gasteiger partial charge in [0.05, 0.1) is 12.8 Å². The van der Waals surface area contributed by atoms with Crippen molar-refractivity contribution in [3.8, 4) is 5.75 Å². The summed E-state index contributed by atoms with van der Waals surface area (Å²) >= 11 is 6.29. The molecule has 0 bridgehead atoms. The minimum absolute atomic E-state index is 0.668. The smallest absolute Gasteiger partial charge is 0.191 e. The molecule has 0 fully saturated rings. The van der Waals surface area contributed by atoms with Crippen molar-refractivity contribution in [3.05, 3.63) is 45.8 Å². The Labute approximate surface area is 160 Å². The van der Waals surface area contributed by atoms with E-state index >= 15 is 0 Å². The second kappa shape index (κ2) is 10.1. The molecule has 0 aliphatic carbocycles. The van der Waals surface area contributed by atoms with Crippen molar-refractivity contribution in [2.45, 2.75) is 33.6 Å². The van der Waals surface area contributed by atoms with E-state index < -0.39 is 0 Å². The van der Waals surface area contributed by atoms with Crippen LogP contribution in [0.15, 0.2) is 27.7 Å². The number of aliphatic imine (C=N–C) groups is 1. The minimum Gasteiger partial charge on any atom is -0.497 e. The second-order valence-corrected chi connectivity index (χ2v) is 6.35. The molecule has 2 rings (SSSR count). The Bertz CT molecular complexity index is 724. The van der Waals surface area contributed by atoms with Gasteiger partial charge in [-0.05, 0) is 51.3 Å². The van der Waals surface area contributed by atoms with Crippen molar-refractivity contribution in [2.24, 2.45) is 4.99 Å². The molecule has 0 atom stereocenters. The van der Waals surface area contributed by atoms with Crippen molar-refractivity contribution >= 4 is 17.6 Å². The van der Waals surface area contributed by atoms with Crippen molar-refractivity contribution in [1.82, 2.24) is 15.8 Å². The number of guanidine groups is 1. The standard InChI is InChI=1S/C19H27ClN4O2/c1-5-21-19(23-11-9-17-13(2)24-26-14(17)3)22-10-8-15-6-7-16(25-4)12-18(15)20/h6-7,12H,5,8-11H2,1-4H3,(H2,21,22,23). The Morgan fingerprint density at radius 3 is 2.69 bits per heavy atom. The number of aryl methyl sites for hydroxylation is 2. The Morgan fingerprint density at radius 1 is 1.27 bits per heavy atom. The van der Waals surface area contributed by atoms with Gasteiger partial charge < -0.3 is 19.9 Å². The molecule has 142 valence electrons. The first-order chi connectivity index (χ1) is 12.5. The molecule has 0 radical (unpaired) electrons. The van der Waals surface area contributed by atoms with Crippen LogP contribution in [0.5, 0.6) is 5.75 Å². The summed E-state index contributed by atoms with van der Waals surface area (Å²) in [6.07, 6.45) is 1.61. The van der Waals surface area contributed by atoms with E-state index in [1.165, 1.54) is 0 Å². The fourth-order valence-corrected chi connectivity index (χ4v) is 2.92. The molecule has 0 aliphatic rings. The van der Waals surface area contributed by atoms with E-state index in [0.717, 1.165) is 60.2 Å². The van der Waals surface area contributed by atoms with Gasteiger partial charge in [-0.25, -0.2) is 0 Å². The van der Waals surface area contributed by atoms with Gasteiger partial charge in [0.15, 0.2) is 5.96 Å². The van der Waals surface area contributed by atoms with Gasteiger partial charge in [0, 0.05) is 30.2 Å². The molecule has 0 saturated heterocycles. The Morgan fingerprint density at radius 2 is 2.08 bits per heavy atom. The maximum Gasteiger partial charge on any atom is 0.191 e. The van der Waals surface area contributed by atoms with Crippen molar-refractivity contribution in [1.29, 1.82) is 0 Å². The summed E-state index contributed by atoms with van der Waals surface area (Å²) in [5, 5.41) is 11.3. The Kier molecular flexibility index (Phi) is 7.78. The highest BCUT2D eigenvalue weighted by Gasteiger charge is 2.08. The summed E-state index contributed by atoms with van der Waals surface area (Å²) in [5.74, 6) is 2.43. The average Bonchev–Trinajstić information content (AvgIpc) is 2.94. The van der Waals surface area contributed by atoms with Gasteiger partial charge in [-0.15, -0.1) is 0 Å². The van der Waals surface area contributed by atoms with Crippen LogP contribution in [-0.4, -0.2) is 37.9 Å². The van der Waals surface area contributed by atoms with Gasteiger partial charge in [0.1, 0.15) is 11.5 Å². The molecule has 26 heavy (non-hydrogen) atoms. The van der Waals surface area contributed by atoms with Gasteiger partial charge >= 0.3 is 0 Å². The van der Waals surface area contributed by atoms with Gasteiger partial charge in [-0.1, -0.05) is 22.8 Å². The number of rotatable bonds is 8. The predicted molar refractivity (Wildman–Crippen MR) is 105 cm³/mol. The molecule has 0 spiro atoms. The maximum atomic E-state index is 6.29. The third-order valence-electron chi connectivity index (χ3n) is 4.10. The van der Waals surface area contributed by atoms with Crippen LogP contribution in [0.1, 0.15) is 29.5 Å². The number of hydrogen-bond acceptors (Lipinski definition) is 4. The van der Waals surface area contributed by atoms with Crippen molar-refractivity contribution < 1.29 is 9.26 Å². The van der Waals surface area contributed by atoms with Crippen LogP contribution in [0.25, 0.3) is 0 Å². The number of nitrogens with one attached hydrogen (secondary N) is 2. The van der Waals surface area contributed by atoms with E-state index in [0.29, 0.717) is 11.6 Å². The largest absolute Gasteiger partial charge is 0.497 e. The van der Waals surface area contributed by atoms with Crippen LogP contribution >= 0.6 is 11.6 Å². The van der Waals surface area contributed by atoms with Crippen LogP contribution in [-0.2, 0) is 12.8 Å². The lowest BCUT2D eigenvalue weighted by Gasteiger charge is -2.12. The van der Waals surface area contributed by atoms with E-state index in [4.69, 9.17) is 20.9 Å². The number of halogens is 1. The van der Waals surface area contributed by atoms with Gasteiger partial charge in [-0.3, -0.25) is 4.99 Å². The first-order valence-corrected chi connectivity index (χ1v) is 9.19. The number of aromatic nitrogens is 1. The minimum atomic E-state index is 0.668. The summed E-state index contributed by atoms with van der Waals surface area (Å²) in [4.78, 5) is 4.62. The molecular formula is C19H27ClN4O2. The molecule has 7 heteroatoms. The summed E-state index contributed by atoms with van der Waals surface area (Å²) in [6, 6.07) is 5.74. The first-order valence-electron chi connectivity index (χ1n) is 8.81. The molecule has 0 saturated carbocycles. The highest BCUT2D eigenvalue weighted by molar-refractivity contribution is 6.31. The molecule has 1 aromatic carbocycles. The fraction of sp³-hybridized carbons (Fsp3) is 0.474. The number of ether oxygens (including phenoxy) is 1. The topological polar surface area (TPSA) is 71.7 Å². The van der Waals surface area contributed by atoms with E-state index in [1.807, 2.05) is 39.0 Å². The molecular weight excluding hydrogens is 352 g/mol. The van der Waals surface area contributed by atoms with Crippen LogP contribution in [0.2, 0.25) is 5.02 Å². The summed E-state index contributed by atoms with van der Waals surface area (Å²) in [5.41, 5.74) is 3.14. The van der Waals surface area contributed by atoms with Crippen molar-refractivity contribution in [2.75, 3.05) is 26.7 Å². The zero-order valence-electron chi connectivity index (χ0n) is 15.9. The van der Waals surface area contributed by atoms with E-state index in [1.54, 1.807) is 7.11 Å². The first kappa shape index (κ1) is 20.1. The number of benzene rings is 1. The summed E-state index contributed by atoms with van der Waals surface area (Å²) in [6.45, 7) is 8.15. The van der Waals surface area contributed by atoms with Crippen LogP contribution < -0.4 is 15.4 Å². The van der Waals surface area contributed by atoms with Crippen molar-refractivity contribution in [3.63, 3.8) is 0 Å². The van der Waals surface area contributed by atoms with Crippen LogP contribution in [0.3, 0.4) is 0 Å². The molecule has 1 aromatic heterocycles. The number of nitrogens with zero attached hydrogens (tertiary/aromatic N) is 2. The second-order valence-electron chi connectivity index (χ2n) is 5.95. The molecule has 2 N–H and O–H groups in total. The zero-order valence-corrected chi connectivity index (χ0v) is 16.6. The highest BCUT2D eigenvalue weighted by Crippen LogP contribution is 2.22. The molecule has 0 amide bonds. The van der Waals surface area contributed by atoms with E-state index in [2.05, 4.69) is 20.8 Å². The van der Waals surface area contributed by atoms with Gasteiger partial charge in [0.2, 0.25) is 0 Å². The van der Waals surface area contributed by atoms with Crippen LogP contribution in [0, 0.1) is 13.8 Å². The number of hydrogen-bond donors (Lipinski definition) is 2. The quantitative estimate of drug-likeness (QED) is 0.544. The molecule has 0 aliphatic heterocycles. The highest BCUT2D eigenvalue weighted by atomic mass is 35.5. The normalized spacial score (nSPS) is 11.5. The molecule has 6 nitrogen and oxygen atoms in total. The third-order valence-corrected chi connectivity index (χ3v) is 4.46. The maximum absolute atomic E-state index is 6.29. The molecule has 0 unspecified atom stereocenters. The molecule has 1 heterocycles. The number of methoxy groups -OCH3 is 1. The van der Waals surface area contributed by atoms with Gasteiger partial charge in [-0.2, -0.15) is 0 Å². The van der Waals surface area contributed by atoms with E-state index in [9.17, 15) is 0 Å². The van der Waals surface area contributed by atoms with E-state index in [-0.39, 0.29) is 0 Å². The summed E-state index contributed by atoms with van der Waals surface area (Å²) < 4.78 is 10.4. The van der Waals surface area contributed by atoms with Gasteiger partial charge in [0.25, 0.3) is 0 Å². The Balaban J connectivity index is 1.87. The lowest BCUT2D eigenvalue weighted by molar-refractivity contribution is 0.392. The lowest BCUT2D eigenvalue weighted by atomic mass is 10.1. The molecule has 2 aromatic rings. The third kappa shape index (κ3) is 5.66. The monoisotopic (exact) mass is 378 g/mol. The Hall–Kier alpha value is -2.21. The fourth-order valence-electron chi connectivity index (χ4n) is 2.65. The zero-order chi connectivity index (χ0) is 18.9. The summed E-state index contributed by atoms with van der Waals surface area (Å²) in [7, 11) is 1.63. The SMILES string of the molecule is CCNC(=NCCc1c(C)noc1C)NCCc1ccc(OC)cc1Cl. The van der Waals surface area contributed by atoms with Crippen LogP contribution in [0.4, 0.5) is 0 Å². The lowest BCUT2D eigenvalue weighted by Crippen LogP contribution is -2.38.